The minimum atomic E-state index is 0.0572. The standard InChI is InChI=1S/C13H18ClNO/c1-8-6-12(16-2)10(7-11(8)14)13(15)9-4-3-5-9/h6-7,9,13H,3-5,15H2,1-2H3. The predicted molar refractivity (Wildman–Crippen MR) is 67.0 cm³/mol. The fourth-order valence-corrected chi connectivity index (χ4v) is 2.33. The van der Waals surface area contributed by atoms with E-state index in [1.54, 1.807) is 7.11 Å². The Kier molecular flexibility index (Phi) is 3.41. The maximum atomic E-state index is 6.26. The number of hydrogen-bond donors (Lipinski definition) is 1. The van der Waals surface area contributed by atoms with Gasteiger partial charge in [-0.1, -0.05) is 18.0 Å². The van der Waals surface area contributed by atoms with E-state index in [0.717, 1.165) is 21.9 Å². The van der Waals surface area contributed by atoms with Gasteiger partial charge in [0.05, 0.1) is 7.11 Å². The predicted octanol–water partition coefficient (Wildman–Crippen LogP) is 3.46. The van der Waals surface area contributed by atoms with Crippen LogP contribution in [0.25, 0.3) is 0 Å². The normalized spacial score (nSPS) is 18.0. The van der Waals surface area contributed by atoms with Gasteiger partial charge in [-0.05, 0) is 43.4 Å². The van der Waals surface area contributed by atoms with Crippen molar-refractivity contribution in [3.63, 3.8) is 0 Å². The highest BCUT2D eigenvalue weighted by molar-refractivity contribution is 6.31. The van der Waals surface area contributed by atoms with E-state index in [9.17, 15) is 0 Å². The summed E-state index contributed by atoms with van der Waals surface area (Å²) < 4.78 is 5.38. The molecule has 1 unspecified atom stereocenters. The van der Waals surface area contributed by atoms with E-state index in [1.165, 1.54) is 19.3 Å². The number of rotatable bonds is 3. The summed E-state index contributed by atoms with van der Waals surface area (Å²) in [5.74, 6) is 1.45. The summed E-state index contributed by atoms with van der Waals surface area (Å²) in [6, 6.07) is 3.98. The molecule has 2 rings (SSSR count). The van der Waals surface area contributed by atoms with Gasteiger partial charge in [0.2, 0.25) is 0 Å². The average molecular weight is 240 g/mol. The van der Waals surface area contributed by atoms with Gasteiger partial charge in [0.25, 0.3) is 0 Å². The largest absolute Gasteiger partial charge is 0.496 e. The number of nitrogens with two attached hydrogens (primary N) is 1. The first-order valence-corrected chi connectivity index (χ1v) is 6.11. The van der Waals surface area contributed by atoms with E-state index < -0.39 is 0 Å². The lowest BCUT2D eigenvalue weighted by Gasteiger charge is -2.32. The van der Waals surface area contributed by atoms with Crippen molar-refractivity contribution in [1.29, 1.82) is 0 Å². The molecule has 3 heteroatoms. The quantitative estimate of drug-likeness (QED) is 0.877. The minimum absolute atomic E-state index is 0.0572. The van der Waals surface area contributed by atoms with Gasteiger partial charge in [-0.3, -0.25) is 0 Å². The summed E-state index contributed by atoms with van der Waals surface area (Å²) in [6.45, 7) is 1.98. The van der Waals surface area contributed by atoms with Crippen LogP contribution in [0.2, 0.25) is 5.02 Å². The number of hydrogen-bond acceptors (Lipinski definition) is 2. The molecule has 1 fully saturated rings. The Hall–Kier alpha value is -0.730. The van der Waals surface area contributed by atoms with Crippen molar-refractivity contribution in [3.05, 3.63) is 28.3 Å². The lowest BCUT2D eigenvalue weighted by atomic mass is 9.77. The maximum Gasteiger partial charge on any atom is 0.124 e. The molecule has 0 aromatic heterocycles. The monoisotopic (exact) mass is 239 g/mol. The molecule has 0 aliphatic heterocycles. The Morgan fingerprint density at radius 3 is 2.62 bits per heavy atom. The summed E-state index contributed by atoms with van der Waals surface area (Å²) in [5, 5.41) is 0.769. The number of ether oxygens (including phenoxy) is 1. The molecule has 1 aliphatic carbocycles. The molecule has 1 aromatic carbocycles. The Morgan fingerprint density at radius 1 is 1.44 bits per heavy atom. The van der Waals surface area contributed by atoms with Gasteiger partial charge >= 0.3 is 0 Å². The van der Waals surface area contributed by atoms with Gasteiger partial charge in [0.15, 0.2) is 0 Å². The number of methoxy groups -OCH3 is 1. The highest BCUT2D eigenvalue weighted by atomic mass is 35.5. The van der Waals surface area contributed by atoms with Crippen molar-refractivity contribution in [2.75, 3.05) is 7.11 Å². The van der Waals surface area contributed by atoms with Gasteiger partial charge < -0.3 is 10.5 Å². The second kappa shape index (κ2) is 4.64. The summed E-state index contributed by atoms with van der Waals surface area (Å²) >= 11 is 6.14. The molecule has 0 radical (unpaired) electrons. The molecule has 0 saturated heterocycles. The van der Waals surface area contributed by atoms with Crippen LogP contribution in [-0.4, -0.2) is 7.11 Å². The molecule has 16 heavy (non-hydrogen) atoms. The number of benzene rings is 1. The smallest absolute Gasteiger partial charge is 0.124 e. The summed E-state index contributed by atoms with van der Waals surface area (Å²) in [4.78, 5) is 0. The van der Waals surface area contributed by atoms with Gasteiger partial charge in [-0.15, -0.1) is 0 Å². The molecule has 2 N–H and O–H groups in total. The van der Waals surface area contributed by atoms with Gasteiger partial charge in [-0.2, -0.15) is 0 Å². The lowest BCUT2D eigenvalue weighted by Crippen LogP contribution is -2.27. The Labute approximate surface area is 102 Å². The minimum Gasteiger partial charge on any atom is -0.496 e. The first-order valence-electron chi connectivity index (χ1n) is 5.73. The molecule has 0 spiro atoms. The average Bonchev–Trinajstić information content (AvgIpc) is 2.18. The lowest BCUT2D eigenvalue weighted by molar-refractivity contribution is 0.259. The molecule has 88 valence electrons. The summed E-state index contributed by atoms with van der Waals surface area (Å²) in [7, 11) is 1.68. The third kappa shape index (κ3) is 2.04. The van der Waals surface area contributed by atoms with Gasteiger partial charge in [-0.25, -0.2) is 0 Å². The molecular weight excluding hydrogens is 222 g/mol. The molecule has 0 heterocycles. The van der Waals surface area contributed by atoms with Gasteiger partial charge in [0, 0.05) is 16.6 Å². The van der Waals surface area contributed by atoms with Crippen molar-refractivity contribution >= 4 is 11.6 Å². The van der Waals surface area contributed by atoms with Crippen molar-refractivity contribution < 1.29 is 4.74 Å². The fourth-order valence-electron chi connectivity index (χ4n) is 2.16. The molecule has 1 aromatic rings. The maximum absolute atomic E-state index is 6.26. The van der Waals surface area contributed by atoms with Crippen LogP contribution < -0.4 is 10.5 Å². The first kappa shape index (κ1) is 11.7. The van der Waals surface area contributed by atoms with Crippen molar-refractivity contribution in [2.24, 2.45) is 11.7 Å². The second-order valence-corrected chi connectivity index (χ2v) is 4.97. The second-order valence-electron chi connectivity index (χ2n) is 4.56. The molecular formula is C13H18ClNO. The molecule has 0 amide bonds. The van der Waals surface area contributed by atoms with E-state index >= 15 is 0 Å². The molecule has 0 bridgehead atoms. The fraction of sp³-hybridized carbons (Fsp3) is 0.538. The van der Waals surface area contributed by atoms with Crippen LogP contribution in [-0.2, 0) is 0 Å². The first-order chi connectivity index (χ1) is 7.63. The van der Waals surface area contributed by atoms with Crippen LogP contribution in [0, 0.1) is 12.8 Å². The zero-order valence-corrected chi connectivity index (χ0v) is 10.6. The summed E-state index contributed by atoms with van der Waals surface area (Å²) in [6.07, 6.45) is 3.73. The molecule has 1 saturated carbocycles. The van der Waals surface area contributed by atoms with Crippen molar-refractivity contribution in [2.45, 2.75) is 32.2 Å². The van der Waals surface area contributed by atoms with Crippen LogP contribution in [0.15, 0.2) is 12.1 Å². The zero-order chi connectivity index (χ0) is 11.7. The van der Waals surface area contributed by atoms with E-state index in [2.05, 4.69) is 0 Å². The molecule has 1 aliphatic rings. The topological polar surface area (TPSA) is 35.2 Å². The van der Waals surface area contributed by atoms with E-state index in [4.69, 9.17) is 22.1 Å². The number of halogens is 1. The van der Waals surface area contributed by atoms with Gasteiger partial charge in [0.1, 0.15) is 5.75 Å². The van der Waals surface area contributed by atoms with Crippen molar-refractivity contribution in [3.8, 4) is 5.75 Å². The van der Waals surface area contributed by atoms with Crippen LogP contribution in [0.3, 0.4) is 0 Å². The summed E-state index contributed by atoms with van der Waals surface area (Å²) in [5.41, 5.74) is 8.33. The highest BCUT2D eigenvalue weighted by Gasteiger charge is 2.27. The SMILES string of the molecule is COc1cc(C)c(Cl)cc1C(N)C1CCC1. The Bertz CT molecular complexity index is 388. The van der Waals surface area contributed by atoms with E-state index in [1.807, 2.05) is 19.1 Å². The highest BCUT2D eigenvalue weighted by Crippen LogP contribution is 2.40. The van der Waals surface area contributed by atoms with Crippen LogP contribution in [0.5, 0.6) is 5.75 Å². The third-order valence-electron chi connectivity index (χ3n) is 3.53. The third-order valence-corrected chi connectivity index (χ3v) is 3.93. The van der Waals surface area contributed by atoms with Crippen LogP contribution in [0.4, 0.5) is 0 Å². The van der Waals surface area contributed by atoms with E-state index in [0.29, 0.717) is 5.92 Å². The Morgan fingerprint density at radius 2 is 2.12 bits per heavy atom. The molecule has 1 atom stereocenters. The zero-order valence-electron chi connectivity index (χ0n) is 9.79. The Balaban J connectivity index is 2.33. The van der Waals surface area contributed by atoms with Crippen LogP contribution in [0.1, 0.15) is 36.4 Å². The molecule has 2 nitrogen and oxygen atoms in total. The van der Waals surface area contributed by atoms with Crippen molar-refractivity contribution in [1.82, 2.24) is 0 Å². The van der Waals surface area contributed by atoms with Crippen LogP contribution >= 0.6 is 11.6 Å². The van der Waals surface area contributed by atoms with E-state index in [-0.39, 0.29) is 6.04 Å². The number of aryl methyl sites for hydroxylation is 1.